The third-order valence-electron chi connectivity index (χ3n) is 5.34. The fourth-order valence-corrected chi connectivity index (χ4v) is 4.10. The van der Waals surface area contributed by atoms with Crippen molar-refractivity contribution in [2.75, 3.05) is 18.0 Å². The molecule has 1 aromatic carbocycles. The minimum atomic E-state index is -1.33. The maximum absolute atomic E-state index is 14.9. The van der Waals surface area contributed by atoms with Crippen LogP contribution in [0.25, 0.3) is 10.9 Å². The molecule has 1 saturated carbocycles. The molecule has 1 saturated heterocycles. The summed E-state index contributed by atoms with van der Waals surface area (Å²) < 4.78 is 16.6. The van der Waals surface area contributed by atoms with Crippen LogP contribution < -0.4 is 16.1 Å². The summed E-state index contributed by atoms with van der Waals surface area (Å²) in [6.07, 6.45) is 3.06. The number of rotatable bonds is 3. The number of aromatic carboxylic acids is 1. The van der Waals surface area contributed by atoms with Gasteiger partial charge in [0.1, 0.15) is 11.4 Å². The molecule has 0 unspecified atom stereocenters. The van der Waals surface area contributed by atoms with E-state index in [1.54, 1.807) is 9.47 Å². The highest BCUT2D eigenvalue weighted by Crippen LogP contribution is 2.42. The van der Waals surface area contributed by atoms with Crippen LogP contribution in [0.4, 0.5) is 10.1 Å². The maximum Gasteiger partial charge on any atom is 0.341 e. The van der Waals surface area contributed by atoms with Crippen molar-refractivity contribution < 1.29 is 14.3 Å². The van der Waals surface area contributed by atoms with Crippen LogP contribution in [0.1, 0.15) is 36.2 Å². The normalized spacial score (nSPS) is 23.0. The Morgan fingerprint density at radius 2 is 2.08 bits per heavy atom. The Kier molecular flexibility index (Phi) is 3.96. The Balaban J connectivity index is 2.00. The first-order valence-electron chi connectivity index (χ1n) is 8.60. The number of nitrogens with zero attached hydrogens (tertiary/aromatic N) is 2. The molecule has 0 amide bonds. The molecule has 6 nitrogen and oxygen atoms in total. The highest BCUT2D eigenvalue weighted by Gasteiger charge is 2.33. The Labute approximate surface area is 154 Å². The van der Waals surface area contributed by atoms with Gasteiger partial charge in [0.2, 0.25) is 5.43 Å². The zero-order chi connectivity index (χ0) is 18.7. The molecule has 2 heterocycles. The van der Waals surface area contributed by atoms with E-state index in [2.05, 4.69) is 0 Å². The number of pyridine rings is 1. The summed E-state index contributed by atoms with van der Waals surface area (Å²) in [7, 11) is 0. The minimum Gasteiger partial charge on any atom is -0.477 e. The zero-order valence-electron chi connectivity index (χ0n) is 14.2. The maximum atomic E-state index is 14.9. The molecule has 1 aliphatic heterocycles. The summed E-state index contributed by atoms with van der Waals surface area (Å²) in [6.45, 7) is 3.05. The van der Waals surface area contributed by atoms with E-state index < -0.39 is 17.2 Å². The quantitative estimate of drug-likeness (QED) is 0.855. The molecule has 2 aromatic rings. The molecule has 1 aromatic heterocycles. The largest absolute Gasteiger partial charge is 0.477 e. The molecule has 2 aliphatic rings. The summed E-state index contributed by atoms with van der Waals surface area (Å²) in [6, 6.07) is 1.10. The lowest BCUT2D eigenvalue weighted by atomic mass is 10.1. The van der Waals surface area contributed by atoms with Crippen molar-refractivity contribution in [1.29, 1.82) is 0 Å². The number of carboxylic acids is 1. The summed E-state index contributed by atoms with van der Waals surface area (Å²) >= 11 is 6.57. The van der Waals surface area contributed by atoms with Gasteiger partial charge < -0.3 is 20.3 Å². The Morgan fingerprint density at radius 3 is 2.62 bits per heavy atom. The SMILES string of the molecule is C[C@H]1CN(c2c(F)cc3c(=O)c(C(=O)O)cn(C4CC4)c3c2Cl)C[C@@H]1N. The first-order chi connectivity index (χ1) is 12.3. The van der Waals surface area contributed by atoms with Gasteiger partial charge in [-0.05, 0) is 24.8 Å². The first kappa shape index (κ1) is 17.3. The van der Waals surface area contributed by atoms with E-state index in [9.17, 15) is 19.1 Å². The lowest BCUT2D eigenvalue weighted by Crippen LogP contribution is -2.29. The highest BCUT2D eigenvalue weighted by molar-refractivity contribution is 6.38. The molecule has 0 radical (unpaired) electrons. The number of hydrogen-bond acceptors (Lipinski definition) is 4. The summed E-state index contributed by atoms with van der Waals surface area (Å²) in [5, 5.41) is 9.45. The minimum absolute atomic E-state index is 0.000376. The van der Waals surface area contributed by atoms with Crippen LogP contribution in [-0.4, -0.2) is 34.8 Å². The standard InChI is InChI=1S/C18H19ClFN3O3/c1-8-5-22(7-13(8)21)16-12(20)4-10-15(14(16)19)23(9-2-3-9)6-11(17(10)24)18(25)26/h4,6,8-9,13H,2-3,5,7,21H2,1H3,(H,25,26)/t8-,13-/m0/s1. The van der Waals surface area contributed by atoms with E-state index in [4.69, 9.17) is 17.3 Å². The van der Waals surface area contributed by atoms with Gasteiger partial charge in [0.15, 0.2) is 0 Å². The van der Waals surface area contributed by atoms with E-state index >= 15 is 0 Å². The average molecular weight is 380 g/mol. The number of anilines is 1. The van der Waals surface area contributed by atoms with Crippen molar-refractivity contribution in [3.8, 4) is 0 Å². The van der Waals surface area contributed by atoms with Crippen molar-refractivity contribution in [2.24, 2.45) is 11.7 Å². The van der Waals surface area contributed by atoms with Crippen molar-refractivity contribution in [1.82, 2.24) is 4.57 Å². The third-order valence-corrected chi connectivity index (χ3v) is 5.70. The molecule has 8 heteroatoms. The number of carboxylic acid groups (broad SMARTS) is 1. The number of halogens is 2. The lowest BCUT2D eigenvalue weighted by Gasteiger charge is -2.23. The van der Waals surface area contributed by atoms with Crippen LogP contribution in [0, 0.1) is 11.7 Å². The second kappa shape index (κ2) is 5.96. The van der Waals surface area contributed by atoms with E-state index in [1.165, 1.54) is 6.20 Å². The van der Waals surface area contributed by atoms with Gasteiger partial charge >= 0.3 is 5.97 Å². The number of nitrogens with two attached hydrogens (primary N) is 1. The van der Waals surface area contributed by atoms with Crippen LogP contribution in [-0.2, 0) is 0 Å². The van der Waals surface area contributed by atoms with Crippen molar-refractivity contribution in [3.05, 3.63) is 38.9 Å². The topological polar surface area (TPSA) is 88.6 Å². The van der Waals surface area contributed by atoms with Gasteiger partial charge in [-0.3, -0.25) is 4.79 Å². The molecule has 3 N–H and O–H groups in total. The molecule has 0 bridgehead atoms. The number of aromatic nitrogens is 1. The predicted octanol–water partition coefficient (Wildman–Crippen LogP) is 2.61. The smallest absolute Gasteiger partial charge is 0.341 e. The molecule has 1 aliphatic carbocycles. The van der Waals surface area contributed by atoms with Crippen LogP contribution >= 0.6 is 11.6 Å². The van der Waals surface area contributed by atoms with E-state index in [0.717, 1.165) is 18.9 Å². The zero-order valence-corrected chi connectivity index (χ0v) is 15.0. The summed E-state index contributed by atoms with van der Waals surface area (Å²) in [5.74, 6) is -1.77. The monoisotopic (exact) mass is 379 g/mol. The van der Waals surface area contributed by atoms with Crippen LogP contribution in [0.5, 0.6) is 0 Å². The summed E-state index contributed by atoms with van der Waals surface area (Å²) in [4.78, 5) is 25.8. The molecule has 2 fully saturated rings. The second-order valence-electron chi connectivity index (χ2n) is 7.28. The fraction of sp³-hybridized carbons (Fsp3) is 0.444. The molecular weight excluding hydrogens is 361 g/mol. The number of carbonyl (C=O) groups is 1. The van der Waals surface area contributed by atoms with Gasteiger partial charge in [0.25, 0.3) is 0 Å². The van der Waals surface area contributed by atoms with Crippen LogP contribution in [0.2, 0.25) is 5.02 Å². The van der Waals surface area contributed by atoms with E-state index in [0.29, 0.717) is 18.6 Å². The Bertz CT molecular complexity index is 976. The van der Waals surface area contributed by atoms with E-state index in [-0.39, 0.29) is 39.7 Å². The number of fused-ring (bicyclic) bond motifs is 1. The molecule has 0 spiro atoms. The molecule has 26 heavy (non-hydrogen) atoms. The average Bonchev–Trinajstić information content (AvgIpc) is 3.35. The van der Waals surface area contributed by atoms with Crippen molar-refractivity contribution in [2.45, 2.75) is 31.8 Å². The van der Waals surface area contributed by atoms with Gasteiger partial charge in [0.05, 0.1) is 21.6 Å². The second-order valence-corrected chi connectivity index (χ2v) is 7.66. The highest BCUT2D eigenvalue weighted by atomic mass is 35.5. The molecule has 2 atom stereocenters. The van der Waals surface area contributed by atoms with Gasteiger partial charge in [-0.2, -0.15) is 0 Å². The molecular formula is C18H19ClFN3O3. The third kappa shape index (κ3) is 2.57. The van der Waals surface area contributed by atoms with Gasteiger partial charge in [-0.1, -0.05) is 18.5 Å². The van der Waals surface area contributed by atoms with Crippen LogP contribution in [0.3, 0.4) is 0 Å². The number of hydrogen-bond donors (Lipinski definition) is 2. The fourth-order valence-electron chi connectivity index (χ4n) is 3.69. The van der Waals surface area contributed by atoms with Gasteiger partial charge in [-0.15, -0.1) is 0 Å². The Hall–Kier alpha value is -2.12. The predicted molar refractivity (Wildman–Crippen MR) is 97.8 cm³/mol. The van der Waals surface area contributed by atoms with Gasteiger partial charge in [0, 0.05) is 31.4 Å². The summed E-state index contributed by atoms with van der Waals surface area (Å²) in [5.41, 5.74) is 5.60. The Morgan fingerprint density at radius 1 is 1.38 bits per heavy atom. The molecule has 138 valence electrons. The van der Waals surface area contributed by atoms with Crippen molar-refractivity contribution in [3.63, 3.8) is 0 Å². The number of benzene rings is 1. The lowest BCUT2D eigenvalue weighted by molar-refractivity contribution is 0.0695. The van der Waals surface area contributed by atoms with Crippen LogP contribution in [0.15, 0.2) is 17.1 Å². The first-order valence-corrected chi connectivity index (χ1v) is 8.98. The van der Waals surface area contributed by atoms with Crippen molar-refractivity contribution >= 4 is 34.2 Å². The molecule has 4 rings (SSSR count). The van der Waals surface area contributed by atoms with Gasteiger partial charge in [-0.25, -0.2) is 9.18 Å². The van der Waals surface area contributed by atoms with E-state index in [1.807, 2.05) is 6.92 Å².